The molecule has 2 heterocycles. The zero-order valence-corrected chi connectivity index (χ0v) is 10.8. The van der Waals surface area contributed by atoms with Crippen molar-refractivity contribution in [3.63, 3.8) is 0 Å². The minimum absolute atomic E-state index is 0.201. The van der Waals surface area contributed by atoms with E-state index in [-0.39, 0.29) is 11.7 Å². The molecular weight excluding hydrogens is 248 g/mol. The van der Waals surface area contributed by atoms with Crippen molar-refractivity contribution in [2.45, 2.75) is 31.8 Å². The van der Waals surface area contributed by atoms with E-state index in [2.05, 4.69) is 20.9 Å². The van der Waals surface area contributed by atoms with Gasteiger partial charge < -0.3 is 16.4 Å². The number of hydrogen-bond donors (Lipinski definition) is 3. The molecule has 1 atom stereocenters. The Bertz CT molecular complexity index is 466. The number of primary amides is 1. The van der Waals surface area contributed by atoms with E-state index in [0.717, 1.165) is 25.9 Å². The molecule has 1 unspecified atom stereocenters. The Hall–Kier alpha value is -1.96. The monoisotopic (exact) mass is 266 g/mol. The maximum atomic E-state index is 11.8. The van der Waals surface area contributed by atoms with Crippen LogP contribution >= 0.6 is 0 Å². The van der Waals surface area contributed by atoms with Crippen LogP contribution in [0.25, 0.3) is 0 Å². The largest absolute Gasteiger partial charge is 0.368 e. The Morgan fingerprint density at radius 3 is 2.84 bits per heavy atom. The third-order valence-corrected chi connectivity index (χ3v) is 3.20. The Morgan fingerprint density at radius 1 is 1.53 bits per heavy atom. The van der Waals surface area contributed by atoms with Gasteiger partial charge >= 0.3 is 0 Å². The predicted molar refractivity (Wildman–Crippen MR) is 67.3 cm³/mol. The fourth-order valence-corrected chi connectivity index (χ4v) is 1.97. The van der Waals surface area contributed by atoms with Gasteiger partial charge in [0.15, 0.2) is 5.69 Å². The van der Waals surface area contributed by atoms with Crippen LogP contribution in [0.15, 0.2) is 6.20 Å². The minimum atomic E-state index is -0.725. The first-order valence-corrected chi connectivity index (χ1v) is 6.30. The lowest BCUT2D eigenvalue weighted by Gasteiger charge is -2.22. The Morgan fingerprint density at radius 2 is 2.21 bits per heavy atom. The van der Waals surface area contributed by atoms with Crippen molar-refractivity contribution in [1.82, 2.24) is 25.6 Å². The van der Waals surface area contributed by atoms with E-state index in [9.17, 15) is 9.59 Å². The van der Waals surface area contributed by atoms with E-state index in [0.29, 0.717) is 0 Å². The van der Waals surface area contributed by atoms with Crippen LogP contribution in [-0.2, 0) is 4.79 Å². The van der Waals surface area contributed by atoms with Crippen LogP contribution in [0.1, 0.15) is 36.3 Å². The van der Waals surface area contributed by atoms with E-state index in [1.807, 2.05) is 0 Å². The molecule has 1 aliphatic rings. The van der Waals surface area contributed by atoms with Gasteiger partial charge in [-0.1, -0.05) is 5.21 Å². The summed E-state index contributed by atoms with van der Waals surface area (Å²) < 4.78 is 1.71. The van der Waals surface area contributed by atoms with Crippen molar-refractivity contribution < 1.29 is 9.59 Å². The maximum absolute atomic E-state index is 11.8. The molecule has 1 aromatic heterocycles. The van der Waals surface area contributed by atoms with Gasteiger partial charge in [-0.15, -0.1) is 5.10 Å². The third-order valence-electron chi connectivity index (χ3n) is 3.20. The molecule has 0 spiro atoms. The van der Waals surface area contributed by atoms with Gasteiger partial charge in [0.25, 0.3) is 5.91 Å². The predicted octanol–water partition coefficient (Wildman–Crippen LogP) is -1.19. The highest BCUT2D eigenvalue weighted by Crippen LogP contribution is 2.16. The molecule has 8 nitrogen and oxygen atoms in total. The lowest BCUT2D eigenvalue weighted by atomic mass is 10.1. The zero-order chi connectivity index (χ0) is 13.8. The molecule has 1 aliphatic heterocycles. The number of hydrogen-bond acceptors (Lipinski definition) is 5. The number of nitrogens with two attached hydrogens (primary N) is 1. The van der Waals surface area contributed by atoms with Crippen LogP contribution in [0, 0.1) is 0 Å². The molecule has 8 heteroatoms. The molecule has 2 rings (SSSR count). The van der Waals surface area contributed by atoms with Crippen LogP contribution in [0.3, 0.4) is 0 Å². The lowest BCUT2D eigenvalue weighted by Crippen LogP contribution is -2.42. The molecule has 0 aromatic carbocycles. The summed E-state index contributed by atoms with van der Waals surface area (Å²) in [7, 11) is 0. The Kier molecular flexibility index (Phi) is 4.10. The van der Waals surface area contributed by atoms with E-state index in [1.54, 1.807) is 10.9 Å². The van der Waals surface area contributed by atoms with Crippen LogP contribution in [0.4, 0.5) is 0 Å². The normalized spacial score (nSPS) is 17.9. The molecule has 0 aliphatic carbocycles. The molecule has 19 heavy (non-hydrogen) atoms. The first-order chi connectivity index (χ1) is 9.08. The average molecular weight is 266 g/mol. The number of rotatable bonds is 4. The van der Waals surface area contributed by atoms with Crippen molar-refractivity contribution in [2.75, 3.05) is 13.1 Å². The summed E-state index contributed by atoms with van der Waals surface area (Å²) in [5.74, 6) is -1.02. The number of nitrogens with one attached hydrogen (secondary N) is 2. The number of amides is 2. The van der Waals surface area contributed by atoms with Crippen LogP contribution < -0.4 is 16.4 Å². The summed E-state index contributed by atoms with van der Waals surface area (Å²) in [5, 5.41) is 13.5. The molecule has 0 radical (unpaired) electrons. The van der Waals surface area contributed by atoms with Gasteiger partial charge in [0, 0.05) is 0 Å². The molecular formula is C11H18N6O2. The quantitative estimate of drug-likeness (QED) is 0.633. The number of carbonyl (C=O) groups is 2. The molecule has 4 N–H and O–H groups in total. The topological polar surface area (TPSA) is 115 Å². The van der Waals surface area contributed by atoms with Crippen molar-refractivity contribution in [3.05, 3.63) is 11.9 Å². The molecule has 1 aromatic rings. The van der Waals surface area contributed by atoms with E-state index in [1.165, 1.54) is 6.92 Å². The molecule has 1 fully saturated rings. The highest BCUT2D eigenvalue weighted by Gasteiger charge is 2.20. The number of nitrogens with zero attached hydrogens (tertiary/aromatic N) is 3. The summed E-state index contributed by atoms with van der Waals surface area (Å²) in [5.41, 5.74) is 5.28. The first-order valence-electron chi connectivity index (χ1n) is 6.30. The highest BCUT2D eigenvalue weighted by molar-refractivity contribution is 5.95. The third kappa shape index (κ3) is 3.28. The van der Waals surface area contributed by atoms with E-state index in [4.69, 9.17) is 5.73 Å². The Balaban J connectivity index is 1.99. The van der Waals surface area contributed by atoms with Gasteiger partial charge in [-0.3, -0.25) is 9.59 Å². The van der Waals surface area contributed by atoms with Gasteiger partial charge in [0.05, 0.1) is 12.2 Å². The highest BCUT2D eigenvalue weighted by atomic mass is 16.2. The molecule has 2 amide bonds. The lowest BCUT2D eigenvalue weighted by molar-refractivity contribution is -0.119. The summed E-state index contributed by atoms with van der Waals surface area (Å²) >= 11 is 0. The maximum Gasteiger partial charge on any atom is 0.274 e. The number of piperidine rings is 1. The second kappa shape index (κ2) is 5.79. The average Bonchev–Trinajstić information content (AvgIpc) is 2.89. The number of aromatic nitrogens is 3. The molecule has 1 saturated heterocycles. The smallest absolute Gasteiger partial charge is 0.274 e. The fourth-order valence-electron chi connectivity index (χ4n) is 1.97. The van der Waals surface area contributed by atoms with Crippen LogP contribution in [0.2, 0.25) is 0 Å². The van der Waals surface area contributed by atoms with Gasteiger partial charge in [-0.2, -0.15) is 0 Å². The SMILES string of the molecule is CC(NC(=O)c1cn(C2CCNCC2)nn1)C(N)=O. The van der Waals surface area contributed by atoms with E-state index < -0.39 is 17.9 Å². The van der Waals surface area contributed by atoms with Gasteiger partial charge in [-0.05, 0) is 32.9 Å². The Labute approximate surface area is 110 Å². The van der Waals surface area contributed by atoms with Crippen LogP contribution in [0.5, 0.6) is 0 Å². The molecule has 0 bridgehead atoms. The van der Waals surface area contributed by atoms with Crippen molar-refractivity contribution >= 4 is 11.8 Å². The second-order valence-electron chi connectivity index (χ2n) is 4.66. The number of carbonyl (C=O) groups excluding carboxylic acids is 2. The minimum Gasteiger partial charge on any atom is -0.368 e. The van der Waals surface area contributed by atoms with E-state index >= 15 is 0 Å². The second-order valence-corrected chi connectivity index (χ2v) is 4.66. The van der Waals surface area contributed by atoms with Crippen molar-refractivity contribution in [3.8, 4) is 0 Å². The van der Waals surface area contributed by atoms with Crippen LogP contribution in [-0.4, -0.2) is 45.9 Å². The van der Waals surface area contributed by atoms with Crippen molar-refractivity contribution in [2.24, 2.45) is 5.73 Å². The summed E-state index contributed by atoms with van der Waals surface area (Å²) in [6, 6.07) is -0.458. The summed E-state index contributed by atoms with van der Waals surface area (Å²) in [6.07, 6.45) is 3.53. The summed E-state index contributed by atoms with van der Waals surface area (Å²) in [4.78, 5) is 22.7. The molecule has 104 valence electrons. The van der Waals surface area contributed by atoms with Gasteiger partial charge in [0.1, 0.15) is 6.04 Å². The summed E-state index contributed by atoms with van der Waals surface area (Å²) in [6.45, 7) is 3.40. The van der Waals surface area contributed by atoms with Gasteiger partial charge in [0.2, 0.25) is 5.91 Å². The van der Waals surface area contributed by atoms with Gasteiger partial charge in [-0.25, -0.2) is 4.68 Å². The zero-order valence-electron chi connectivity index (χ0n) is 10.8. The standard InChI is InChI=1S/C11H18N6O2/c1-7(10(12)18)14-11(19)9-6-17(16-15-9)8-2-4-13-5-3-8/h6-8,13H,2-5H2,1H3,(H2,12,18)(H,14,19). The van der Waals surface area contributed by atoms with Crippen molar-refractivity contribution in [1.29, 1.82) is 0 Å². The first kappa shape index (κ1) is 13.5. The molecule has 0 saturated carbocycles. The fraction of sp³-hybridized carbons (Fsp3) is 0.636.